The molecule has 1 aromatic carbocycles. The molecular weight excluding hydrogens is 362 g/mol. The van der Waals surface area contributed by atoms with E-state index in [0.717, 1.165) is 40.8 Å². The van der Waals surface area contributed by atoms with Gasteiger partial charge in [0.05, 0.1) is 20.8 Å². The van der Waals surface area contributed by atoms with Gasteiger partial charge in [0, 0.05) is 18.3 Å². The molecule has 140 valence electrons. The summed E-state index contributed by atoms with van der Waals surface area (Å²) >= 11 is 1.45. The van der Waals surface area contributed by atoms with E-state index in [-0.39, 0.29) is 11.8 Å². The topological polar surface area (TPSA) is 64.6 Å². The predicted octanol–water partition coefficient (Wildman–Crippen LogP) is 4.04. The molecule has 1 fully saturated rings. The number of hydrogen-bond acceptors (Lipinski definition) is 6. The average Bonchev–Trinajstić information content (AvgIpc) is 3.09. The molecule has 4 rings (SSSR count). The van der Waals surface area contributed by atoms with Gasteiger partial charge < -0.3 is 9.47 Å². The van der Waals surface area contributed by atoms with Crippen LogP contribution in [0.2, 0.25) is 0 Å². The molecule has 1 saturated carbocycles. The summed E-state index contributed by atoms with van der Waals surface area (Å²) in [5, 5.41) is 0.661. The Kier molecular flexibility index (Phi) is 4.94. The maximum absolute atomic E-state index is 13.1. The molecule has 0 radical (unpaired) electrons. The smallest absolute Gasteiger partial charge is 0.232 e. The molecule has 0 unspecified atom stereocenters. The molecule has 6 nitrogen and oxygen atoms in total. The fraction of sp³-hybridized carbons (Fsp3) is 0.350. The number of carbonyl (C=O) groups is 1. The first-order chi connectivity index (χ1) is 13.2. The number of amides is 1. The van der Waals surface area contributed by atoms with Crippen molar-refractivity contribution >= 4 is 32.6 Å². The summed E-state index contributed by atoms with van der Waals surface area (Å²) in [6.07, 6.45) is 6.52. The number of benzene rings is 1. The molecule has 27 heavy (non-hydrogen) atoms. The van der Waals surface area contributed by atoms with Crippen LogP contribution in [0.25, 0.3) is 10.2 Å². The van der Waals surface area contributed by atoms with Crippen molar-refractivity contribution in [3.63, 3.8) is 0 Å². The van der Waals surface area contributed by atoms with Gasteiger partial charge in [-0.15, -0.1) is 0 Å². The summed E-state index contributed by atoms with van der Waals surface area (Å²) < 4.78 is 11.8. The number of pyridine rings is 1. The zero-order chi connectivity index (χ0) is 18.8. The number of nitrogens with zero attached hydrogens (tertiary/aromatic N) is 3. The van der Waals surface area contributed by atoms with Crippen molar-refractivity contribution in [2.75, 3.05) is 19.1 Å². The van der Waals surface area contributed by atoms with Crippen LogP contribution in [0.4, 0.5) is 5.13 Å². The standard InChI is InChI=1S/C20H21N3O3S/c1-25-15-8-9-16(26-2)18-17(15)22-20(27-18)23(19(24)14-6-3-7-14)12-13-5-4-10-21-11-13/h4-5,8-11,14H,3,6-7,12H2,1-2H3. The number of hydrogen-bond donors (Lipinski definition) is 0. The Bertz CT molecular complexity index is 913. The zero-order valence-electron chi connectivity index (χ0n) is 15.3. The highest BCUT2D eigenvalue weighted by molar-refractivity contribution is 7.22. The molecule has 1 aliphatic carbocycles. The monoisotopic (exact) mass is 383 g/mol. The van der Waals surface area contributed by atoms with Crippen LogP contribution >= 0.6 is 11.3 Å². The van der Waals surface area contributed by atoms with E-state index in [1.807, 2.05) is 24.3 Å². The fourth-order valence-electron chi connectivity index (χ4n) is 3.18. The Morgan fingerprint density at radius 1 is 1.22 bits per heavy atom. The van der Waals surface area contributed by atoms with E-state index in [1.54, 1.807) is 31.5 Å². The van der Waals surface area contributed by atoms with Gasteiger partial charge in [-0.25, -0.2) is 4.98 Å². The molecule has 2 heterocycles. The van der Waals surface area contributed by atoms with E-state index in [9.17, 15) is 4.79 Å². The molecule has 7 heteroatoms. The Hall–Kier alpha value is -2.67. The van der Waals surface area contributed by atoms with Crippen LogP contribution in [0.15, 0.2) is 36.7 Å². The number of methoxy groups -OCH3 is 2. The Balaban J connectivity index is 1.77. The second-order valence-corrected chi connectivity index (χ2v) is 7.54. The van der Waals surface area contributed by atoms with Crippen molar-refractivity contribution in [2.45, 2.75) is 25.8 Å². The molecule has 1 amide bonds. The number of carbonyl (C=O) groups excluding carboxylic acids is 1. The minimum atomic E-state index is 0.0810. The third kappa shape index (κ3) is 3.35. The quantitative estimate of drug-likeness (QED) is 0.643. The summed E-state index contributed by atoms with van der Waals surface area (Å²) in [7, 11) is 3.25. The van der Waals surface area contributed by atoms with Gasteiger partial charge in [0.25, 0.3) is 0 Å². The fourth-order valence-corrected chi connectivity index (χ4v) is 4.26. The van der Waals surface area contributed by atoms with Crippen molar-refractivity contribution in [2.24, 2.45) is 5.92 Å². The van der Waals surface area contributed by atoms with E-state index in [4.69, 9.17) is 14.5 Å². The van der Waals surface area contributed by atoms with Crippen molar-refractivity contribution in [3.8, 4) is 11.5 Å². The van der Waals surface area contributed by atoms with Crippen LogP contribution < -0.4 is 14.4 Å². The van der Waals surface area contributed by atoms with Crippen LogP contribution in [0, 0.1) is 5.92 Å². The summed E-state index contributed by atoms with van der Waals surface area (Å²) in [5.41, 5.74) is 1.69. The highest BCUT2D eigenvalue weighted by Gasteiger charge is 2.32. The first-order valence-electron chi connectivity index (χ1n) is 8.93. The van der Waals surface area contributed by atoms with Crippen LogP contribution in [0.5, 0.6) is 11.5 Å². The minimum absolute atomic E-state index is 0.0810. The second kappa shape index (κ2) is 7.52. The SMILES string of the molecule is COc1ccc(OC)c2sc(N(Cc3cccnc3)C(=O)C3CCC3)nc12. The largest absolute Gasteiger partial charge is 0.495 e. The molecule has 2 aromatic heterocycles. The predicted molar refractivity (Wildman–Crippen MR) is 105 cm³/mol. The summed E-state index contributed by atoms with van der Waals surface area (Å²) in [5.74, 6) is 1.61. The van der Waals surface area contributed by atoms with E-state index >= 15 is 0 Å². The van der Waals surface area contributed by atoms with E-state index in [0.29, 0.717) is 17.4 Å². The molecule has 0 saturated heterocycles. The van der Waals surface area contributed by atoms with Gasteiger partial charge in [0.15, 0.2) is 5.13 Å². The van der Waals surface area contributed by atoms with Crippen molar-refractivity contribution < 1.29 is 14.3 Å². The van der Waals surface area contributed by atoms with Crippen molar-refractivity contribution in [1.29, 1.82) is 0 Å². The first-order valence-corrected chi connectivity index (χ1v) is 9.74. The Morgan fingerprint density at radius 3 is 2.63 bits per heavy atom. The molecular formula is C20H21N3O3S. The lowest BCUT2D eigenvalue weighted by molar-refractivity contribution is -0.124. The molecule has 0 bridgehead atoms. The second-order valence-electron chi connectivity index (χ2n) is 6.56. The van der Waals surface area contributed by atoms with Crippen molar-refractivity contribution in [3.05, 3.63) is 42.2 Å². The Morgan fingerprint density at radius 2 is 2.00 bits per heavy atom. The van der Waals surface area contributed by atoms with Crippen LogP contribution in [-0.2, 0) is 11.3 Å². The number of aromatic nitrogens is 2. The first kappa shape index (κ1) is 17.7. The molecule has 0 N–H and O–H groups in total. The lowest BCUT2D eigenvalue weighted by Gasteiger charge is -2.30. The van der Waals surface area contributed by atoms with Crippen molar-refractivity contribution in [1.82, 2.24) is 9.97 Å². The number of fused-ring (bicyclic) bond motifs is 1. The maximum Gasteiger partial charge on any atom is 0.232 e. The van der Waals surface area contributed by atoms with E-state index < -0.39 is 0 Å². The third-order valence-corrected chi connectivity index (χ3v) is 6.01. The molecule has 1 aliphatic rings. The minimum Gasteiger partial charge on any atom is -0.495 e. The van der Waals surface area contributed by atoms with Gasteiger partial charge in [-0.1, -0.05) is 23.8 Å². The average molecular weight is 383 g/mol. The Labute approximate surface area is 161 Å². The van der Waals surface area contributed by atoms with E-state index in [2.05, 4.69) is 4.98 Å². The highest BCUT2D eigenvalue weighted by Crippen LogP contribution is 2.41. The maximum atomic E-state index is 13.1. The molecule has 0 spiro atoms. The van der Waals surface area contributed by atoms with Gasteiger partial charge in [0.2, 0.25) is 5.91 Å². The van der Waals surface area contributed by atoms with Gasteiger partial charge >= 0.3 is 0 Å². The number of rotatable bonds is 6. The molecule has 0 aliphatic heterocycles. The van der Waals surface area contributed by atoms with Gasteiger partial charge in [-0.2, -0.15) is 0 Å². The normalized spacial score (nSPS) is 14.0. The summed E-state index contributed by atoms with van der Waals surface area (Å²) in [6.45, 7) is 0.452. The molecule has 0 atom stereocenters. The van der Waals surface area contributed by atoms with Crippen LogP contribution in [0.1, 0.15) is 24.8 Å². The van der Waals surface area contributed by atoms with Gasteiger partial charge in [0.1, 0.15) is 21.7 Å². The number of anilines is 1. The molecule has 3 aromatic rings. The zero-order valence-corrected chi connectivity index (χ0v) is 16.2. The number of thiazole rings is 1. The van der Waals surface area contributed by atoms with Crippen LogP contribution in [0.3, 0.4) is 0 Å². The lowest BCUT2D eigenvalue weighted by Crippen LogP contribution is -2.38. The van der Waals surface area contributed by atoms with Gasteiger partial charge in [-0.3, -0.25) is 14.7 Å². The van der Waals surface area contributed by atoms with Gasteiger partial charge in [-0.05, 0) is 36.6 Å². The number of ether oxygens (including phenoxy) is 2. The summed E-state index contributed by atoms with van der Waals surface area (Å²) in [4.78, 5) is 23.8. The van der Waals surface area contributed by atoms with Crippen LogP contribution in [-0.4, -0.2) is 30.1 Å². The third-order valence-electron chi connectivity index (χ3n) is 4.91. The summed E-state index contributed by atoms with van der Waals surface area (Å²) in [6, 6.07) is 7.56. The highest BCUT2D eigenvalue weighted by atomic mass is 32.1. The van der Waals surface area contributed by atoms with E-state index in [1.165, 1.54) is 11.3 Å². The lowest BCUT2D eigenvalue weighted by atomic mass is 9.84.